The fourth-order valence-electron chi connectivity index (χ4n) is 1.72. The Balaban J connectivity index is 4.46. The zero-order valence-electron chi connectivity index (χ0n) is 12.8. The number of aliphatic carboxylic acids is 1. The van der Waals surface area contributed by atoms with Crippen LogP contribution in [0, 0.1) is 0 Å². The van der Waals surface area contributed by atoms with E-state index in [9.17, 15) is 14.7 Å². The van der Waals surface area contributed by atoms with Crippen molar-refractivity contribution in [3.8, 4) is 0 Å². The number of carbonyl (C=O) groups excluding carboxylic acids is 1. The van der Waals surface area contributed by atoms with Gasteiger partial charge in [-0.25, -0.2) is 4.79 Å². The lowest BCUT2D eigenvalue weighted by molar-refractivity contribution is -0.137. The monoisotopic (exact) mass is 289 g/mol. The number of carboxylic acids is 1. The molecule has 2 atom stereocenters. The van der Waals surface area contributed by atoms with Crippen LogP contribution in [-0.4, -0.2) is 40.0 Å². The van der Waals surface area contributed by atoms with E-state index in [-0.39, 0.29) is 12.8 Å². The number of aliphatic hydroxyl groups is 1. The molecule has 0 aliphatic heterocycles. The molecule has 1 amide bonds. The molecule has 0 unspecified atom stereocenters. The maximum absolute atomic E-state index is 11.7. The van der Waals surface area contributed by atoms with Crippen molar-refractivity contribution < 1.29 is 24.5 Å². The quantitative estimate of drug-likeness (QED) is 0.637. The van der Waals surface area contributed by atoms with Gasteiger partial charge in [-0.2, -0.15) is 0 Å². The molecule has 6 nitrogen and oxygen atoms in total. The molecule has 0 radical (unpaired) electrons. The standard InChI is InChI=1S/C14H27NO5/c1-5-6-7-10(11(16)8-9-12(17)18)15-13(19)20-14(2,3)4/h10-11,16H,5-9H2,1-4H3,(H,15,19)(H,17,18)/t10-,11+/m1/s1. The Hall–Kier alpha value is -1.30. The summed E-state index contributed by atoms with van der Waals surface area (Å²) in [7, 11) is 0. The van der Waals surface area contributed by atoms with Crippen LogP contribution in [0.5, 0.6) is 0 Å². The van der Waals surface area contributed by atoms with Crippen LogP contribution in [-0.2, 0) is 9.53 Å². The summed E-state index contributed by atoms with van der Waals surface area (Å²) >= 11 is 0. The van der Waals surface area contributed by atoms with Gasteiger partial charge in [0.25, 0.3) is 0 Å². The van der Waals surface area contributed by atoms with Crippen LogP contribution in [0.25, 0.3) is 0 Å². The number of alkyl carbamates (subject to hydrolysis) is 1. The summed E-state index contributed by atoms with van der Waals surface area (Å²) in [4.78, 5) is 22.2. The summed E-state index contributed by atoms with van der Waals surface area (Å²) in [6.45, 7) is 7.28. The Morgan fingerprint density at radius 3 is 2.30 bits per heavy atom. The maximum Gasteiger partial charge on any atom is 0.407 e. The number of aliphatic hydroxyl groups excluding tert-OH is 1. The van der Waals surface area contributed by atoms with Crippen LogP contribution in [0.3, 0.4) is 0 Å². The summed E-state index contributed by atoms with van der Waals surface area (Å²) in [6, 6.07) is -0.482. The molecule has 0 aliphatic rings. The van der Waals surface area contributed by atoms with Crippen LogP contribution in [0.15, 0.2) is 0 Å². The second-order valence-electron chi connectivity index (χ2n) is 5.89. The van der Waals surface area contributed by atoms with E-state index in [0.717, 1.165) is 12.8 Å². The number of carboxylic acid groups (broad SMARTS) is 1. The number of hydrogen-bond donors (Lipinski definition) is 3. The average molecular weight is 289 g/mol. The predicted molar refractivity (Wildman–Crippen MR) is 75.6 cm³/mol. The van der Waals surface area contributed by atoms with E-state index in [1.54, 1.807) is 20.8 Å². The largest absolute Gasteiger partial charge is 0.481 e. The molecule has 0 heterocycles. The minimum absolute atomic E-state index is 0.111. The van der Waals surface area contributed by atoms with Crippen molar-refractivity contribution in [1.82, 2.24) is 5.32 Å². The molecule has 0 aromatic rings. The molecule has 6 heteroatoms. The van der Waals surface area contributed by atoms with E-state index < -0.39 is 29.8 Å². The normalized spacial score (nSPS) is 14.4. The van der Waals surface area contributed by atoms with Crippen LogP contribution in [0.1, 0.15) is 59.8 Å². The first kappa shape index (κ1) is 18.7. The van der Waals surface area contributed by atoms with E-state index in [2.05, 4.69) is 5.32 Å². The molecule has 0 bridgehead atoms. The van der Waals surface area contributed by atoms with Crippen LogP contribution in [0.2, 0.25) is 0 Å². The highest BCUT2D eigenvalue weighted by molar-refractivity contribution is 5.68. The van der Waals surface area contributed by atoms with Gasteiger partial charge in [0.1, 0.15) is 5.60 Å². The molecule has 0 spiro atoms. The summed E-state index contributed by atoms with van der Waals surface area (Å²) in [5.74, 6) is -0.962. The number of amides is 1. The fourth-order valence-corrected chi connectivity index (χ4v) is 1.72. The van der Waals surface area contributed by atoms with Crippen LogP contribution in [0.4, 0.5) is 4.79 Å². The molecule has 0 saturated carbocycles. The number of hydrogen-bond acceptors (Lipinski definition) is 4. The Labute approximate surface area is 120 Å². The van der Waals surface area contributed by atoms with Crippen molar-refractivity contribution >= 4 is 12.1 Å². The third kappa shape index (κ3) is 9.61. The van der Waals surface area contributed by atoms with Gasteiger partial charge in [0.05, 0.1) is 12.1 Å². The first-order chi connectivity index (χ1) is 9.15. The van der Waals surface area contributed by atoms with Gasteiger partial charge in [0.2, 0.25) is 0 Å². The minimum Gasteiger partial charge on any atom is -0.481 e. The summed E-state index contributed by atoms with van der Waals surface area (Å²) in [6.07, 6.45) is 0.872. The minimum atomic E-state index is -0.962. The Kier molecular flexibility index (Phi) is 8.22. The molecule has 3 N–H and O–H groups in total. The van der Waals surface area contributed by atoms with Gasteiger partial charge in [-0.05, 0) is 33.6 Å². The number of rotatable bonds is 8. The highest BCUT2D eigenvalue weighted by Gasteiger charge is 2.24. The van der Waals surface area contributed by atoms with E-state index >= 15 is 0 Å². The first-order valence-corrected chi connectivity index (χ1v) is 7.05. The van der Waals surface area contributed by atoms with E-state index in [1.807, 2.05) is 6.92 Å². The molecular formula is C14H27NO5. The predicted octanol–water partition coefficient (Wildman–Crippen LogP) is 2.30. The van der Waals surface area contributed by atoms with Gasteiger partial charge in [-0.3, -0.25) is 4.79 Å². The molecular weight excluding hydrogens is 262 g/mol. The number of nitrogens with one attached hydrogen (secondary N) is 1. The van der Waals surface area contributed by atoms with Crippen molar-refractivity contribution in [2.24, 2.45) is 0 Å². The number of carbonyl (C=O) groups is 2. The number of unbranched alkanes of at least 4 members (excludes halogenated alkanes) is 1. The van der Waals surface area contributed by atoms with Crippen molar-refractivity contribution in [3.63, 3.8) is 0 Å². The first-order valence-electron chi connectivity index (χ1n) is 7.05. The molecule has 0 aromatic carbocycles. The van der Waals surface area contributed by atoms with Crippen molar-refractivity contribution in [3.05, 3.63) is 0 Å². The molecule has 0 aromatic heterocycles. The lowest BCUT2D eigenvalue weighted by Gasteiger charge is -2.26. The second kappa shape index (κ2) is 8.79. The highest BCUT2D eigenvalue weighted by Crippen LogP contribution is 2.12. The SMILES string of the molecule is CCCC[C@@H](NC(=O)OC(C)(C)C)[C@@H](O)CCC(=O)O. The van der Waals surface area contributed by atoms with Crippen molar-refractivity contribution in [1.29, 1.82) is 0 Å². The zero-order valence-corrected chi connectivity index (χ0v) is 12.8. The van der Waals surface area contributed by atoms with E-state index in [4.69, 9.17) is 9.84 Å². The molecule has 118 valence electrons. The third-order valence-electron chi connectivity index (χ3n) is 2.69. The summed E-state index contributed by atoms with van der Waals surface area (Å²) in [5, 5.41) is 21.3. The van der Waals surface area contributed by atoms with Crippen LogP contribution >= 0.6 is 0 Å². The Bertz CT molecular complexity index is 311. The molecule has 0 aliphatic carbocycles. The maximum atomic E-state index is 11.7. The third-order valence-corrected chi connectivity index (χ3v) is 2.69. The van der Waals surface area contributed by atoms with Crippen molar-refractivity contribution in [2.45, 2.75) is 77.5 Å². The van der Waals surface area contributed by atoms with Gasteiger partial charge in [-0.1, -0.05) is 19.8 Å². The fraction of sp³-hybridized carbons (Fsp3) is 0.857. The molecule has 0 rings (SSSR count). The van der Waals surface area contributed by atoms with E-state index in [1.165, 1.54) is 0 Å². The van der Waals surface area contributed by atoms with Crippen molar-refractivity contribution in [2.75, 3.05) is 0 Å². The van der Waals surface area contributed by atoms with Gasteiger partial charge in [0.15, 0.2) is 0 Å². The zero-order chi connectivity index (χ0) is 15.8. The molecule has 0 fully saturated rings. The van der Waals surface area contributed by atoms with Gasteiger partial charge >= 0.3 is 12.1 Å². The highest BCUT2D eigenvalue weighted by atomic mass is 16.6. The average Bonchev–Trinajstić information content (AvgIpc) is 2.28. The lowest BCUT2D eigenvalue weighted by Crippen LogP contribution is -2.45. The second-order valence-corrected chi connectivity index (χ2v) is 5.89. The Morgan fingerprint density at radius 1 is 1.25 bits per heavy atom. The van der Waals surface area contributed by atoms with Gasteiger partial charge in [0, 0.05) is 6.42 Å². The van der Waals surface area contributed by atoms with E-state index in [0.29, 0.717) is 6.42 Å². The lowest BCUT2D eigenvalue weighted by atomic mass is 10.0. The van der Waals surface area contributed by atoms with Crippen LogP contribution < -0.4 is 5.32 Å². The topological polar surface area (TPSA) is 95.9 Å². The van der Waals surface area contributed by atoms with Gasteiger partial charge in [-0.15, -0.1) is 0 Å². The summed E-state index contributed by atoms with van der Waals surface area (Å²) in [5.41, 5.74) is -0.606. The number of ether oxygens (including phenoxy) is 1. The van der Waals surface area contributed by atoms with Gasteiger partial charge < -0.3 is 20.3 Å². The summed E-state index contributed by atoms with van der Waals surface area (Å²) < 4.78 is 5.15. The molecule has 0 saturated heterocycles. The smallest absolute Gasteiger partial charge is 0.407 e. The molecule has 20 heavy (non-hydrogen) atoms. The Morgan fingerprint density at radius 2 is 1.85 bits per heavy atom.